The SMILES string of the molecule is NC(COc1cccc(O)c1)c1cccc(Br)c1. The third-order valence-corrected chi connectivity index (χ3v) is 3.02. The number of aromatic hydroxyl groups is 1. The molecule has 18 heavy (non-hydrogen) atoms. The van der Waals surface area contributed by atoms with E-state index in [1.165, 1.54) is 0 Å². The van der Waals surface area contributed by atoms with Crippen molar-refractivity contribution in [3.8, 4) is 11.5 Å². The van der Waals surface area contributed by atoms with Crippen LogP contribution in [-0.2, 0) is 0 Å². The van der Waals surface area contributed by atoms with Crippen molar-refractivity contribution in [1.29, 1.82) is 0 Å². The molecule has 1 atom stereocenters. The van der Waals surface area contributed by atoms with Crippen molar-refractivity contribution < 1.29 is 9.84 Å². The summed E-state index contributed by atoms with van der Waals surface area (Å²) >= 11 is 3.41. The van der Waals surface area contributed by atoms with Gasteiger partial charge in [-0.2, -0.15) is 0 Å². The molecule has 1 unspecified atom stereocenters. The maximum absolute atomic E-state index is 9.31. The van der Waals surface area contributed by atoms with Crippen molar-refractivity contribution in [3.63, 3.8) is 0 Å². The highest BCUT2D eigenvalue weighted by atomic mass is 79.9. The lowest BCUT2D eigenvalue weighted by Crippen LogP contribution is -2.18. The molecule has 0 aromatic heterocycles. The predicted molar refractivity (Wildman–Crippen MR) is 74.7 cm³/mol. The Morgan fingerprint density at radius 2 is 1.94 bits per heavy atom. The van der Waals surface area contributed by atoms with E-state index in [-0.39, 0.29) is 11.8 Å². The Morgan fingerprint density at radius 3 is 2.67 bits per heavy atom. The fraction of sp³-hybridized carbons (Fsp3) is 0.143. The van der Waals surface area contributed by atoms with Gasteiger partial charge in [0.05, 0.1) is 6.04 Å². The van der Waals surface area contributed by atoms with Crippen molar-refractivity contribution in [3.05, 3.63) is 58.6 Å². The summed E-state index contributed by atoms with van der Waals surface area (Å²) in [6.45, 7) is 0.361. The summed E-state index contributed by atoms with van der Waals surface area (Å²) in [5.74, 6) is 0.795. The van der Waals surface area contributed by atoms with Crippen molar-refractivity contribution in [2.24, 2.45) is 5.73 Å². The Labute approximate surface area is 114 Å². The molecule has 0 heterocycles. The van der Waals surface area contributed by atoms with Gasteiger partial charge in [-0.25, -0.2) is 0 Å². The van der Waals surface area contributed by atoms with Crippen LogP contribution in [0, 0.1) is 0 Å². The van der Waals surface area contributed by atoms with Crippen LogP contribution in [0.25, 0.3) is 0 Å². The Bertz CT molecular complexity index is 531. The average Bonchev–Trinajstić information content (AvgIpc) is 2.36. The maximum Gasteiger partial charge on any atom is 0.123 e. The molecule has 0 aliphatic carbocycles. The average molecular weight is 308 g/mol. The van der Waals surface area contributed by atoms with Gasteiger partial charge in [0.15, 0.2) is 0 Å². The largest absolute Gasteiger partial charge is 0.508 e. The number of hydrogen-bond donors (Lipinski definition) is 2. The first-order chi connectivity index (χ1) is 8.65. The Morgan fingerprint density at radius 1 is 1.17 bits per heavy atom. The van der Waals surface area contributed by atoms with Crippen molar-refractivity contribution in [1.82, 2.24) is 0 Å². The van der Waals surface area contributed by atoms with Crippen molar-refractivity contribution in [2.75, 3.05) is 6.61 Å². The zero-order valence-corrected chi connectivity index (χ0v) is 11.3. The molecule has 0 amide bonds. The number of ether oxygens (including phenoxy) is 1. The van der Waals surface area contributed by atoms with E-state index in [4.69, 9.17) is 10.5 Å². The number of rotatable bonds is 4. The van der Waals surface area contributed by atoms with Gasteiger partial charge in [0.1, 0.15) is 18.1 Å². The van der Waals surface area contributed by atoms with Crippen LogP contribution in [0.1, 0.15) is 11.6 Å². The van der Waals surface area contributed by atoms with Gasteiger partial charge in [0, 0.05) is 10.5 Å². The zero-order valence-electron chi connectivity index (χ0n) is 9.71. The topological polar surface area (TPSA) is 55.5 Å². The molecule has 3 N–H and O–H groups in total. The second-order valence-corrected chi connectivity index (χ2v) is 4.89. The summed E-state index contributed by atoms with van der Waals surface area (Å²) in [6.07, 6.45) is 0. The monoisotopic (exact) mass is 307 g/mol. The smallest absolute Gasteiger partial charge is 0.123 e. The summed E-state index contributed by atoms with van der Waals surface area (Å²) in [4.78, 5) is 0. The number of hydrogen-bond acceptors (Lipinski definition) is 3. The Balaban J connectivity index is 1.98. The minimum atomic E-state index is -0.204. The molecular formula is C14H14BrNO2. The summed E-state index contributed by atoms with van der Waals surface area (Å²) in [7, 11) is 0. The van der Waals surface area contributed by atoms with Gasteiger partial charge in [0.25, 0.3) is 0 Å². The van der Waals surface area contributed by atoms with E-state index in [1.54, 1.807) is 24.3 Å². The third kappa shape index (κ3) is 3.48. The minimum Gasteiger partial charge on any atom is -0.508 e. The van der Waals surface area contributed by atoms with E-state index >= 15 is 0 Å². The van der Waals surface area contributed by atoms with Crippen LogP contribution >= 0.6 is 15.9 Å². The molecular weight excluding hydrogens is 294 g/mol. The second-order valence-electron chi connectivity index (χ2n) is 3.97. The first-order valence-electron chi connectivity index (χ1n) is 5.58. The molecule has 0 aliphatic heterocycles. The molecule has 0 fully saturated rings. The summed E-state index contributed by atoms with van der Waals surface area (Å²) in [5.41, 5.74) is 7.05. The van der Waals surface area contributed by atoms with Gasteiger partial charge in [0.2, 0.25) is 0 Å². The molecule has 3 nitrogen and oxygen atoms in total. The maximum atomic E-state index is 9.31. The molecule has 0 saturated carbocycles. The van der Waals surface area contributed by atoms with E-state index in [0.717, 1.165) is 10.0 Å². The molecule has 4 heteroatoms. The summed E-state index contributed by atoms with van der Waals surface area (Å²) in [5, 5.41) is 9.31. The van der Waals surface area contributed by atoms with Gasteiger partial charge in [-0.1, -0.05) is 34.1 Å². The van der Waals surface area contributed by atoms with Crippen molar-refractivity contribution >= 4 is 15.9 Å². The van der Waals surface area contributed by atoms with E-state index in [0.29, 0.717) is 12.4 Å². The molecule has 0 radical (unpaired) electrons. The Hall–Kier alpha value is -1.52. The van der Waals surface area contributed by atoms with Crippen LogP contribution in [0.3, 0.4) is 0 Å². The summed E-state index contributed by atoms with van der Waals surface area (Å²) in [6, 6.07) is 14.3. The van der Waals surface area contributed by atoms with Gasteiger partial charge in [-0.15, -0.1) is 0 Å². The van der Waals surface area contributed by atoms with Gasteiger partial charge >= 0.3 is 0 Å². The molecule has 0 bridgehead atoms. The quantitative estimate of drug-likeness (QED) is 0.912. The van der Waals surface area contributed by atoms with E-state index < -0.39 is 0 Å². The highest BCUT2D eigenvalue weighted by Crippen LogP contribution is 2.20. The molecule has 0 spiro atoms. The van der Waals surface area contributed by atoms with E-state index in [1.807, 2.05) is 24.3 Å². The first-order valence-corrected chi connectivity index (χ1v) is 6.37. The van der Waals surface area contributed by atoms with Gasteiger partial charge < -0.3 is 15.6 Å². The number of nitrogens with two attached hydrogens (primary N) is 1. The number of phenolic OH excluding ortho intramolecular Hbond substituents is 1. The lowest BCUT2D eigenvalue weighted by molar-refractivity contribution is 0.289. The molecule has 0 saturated heterocycles. The second kappa shape index (κ2) is 5.89. The van der Waals surface area contributed by atoms with Crippen LogP contribution in [0.5, 0.6) is 11.5 Å². The number of halogens is 1. The Kier molecular flexibility index (Phi) is 4.23. The van der Waals surface area contributed by atoms with E-state index in [2.05, 4.69) is 15.9 Å². The fourth-order valence-electron chi connectivity index (χ4n) is 1.59. The first kappa shape index (κ1) is 12.9. The fourth-order valence-corrected chi connectivity index (χ4v) is 2.01. The molecule has 0 aliphatic rings. The number of phenols is 1. The number of benzene rings is 2. The van der Waals surface area contributed by atoms with E-state index in [9.17, 15) is 5.11 Å². The van der Waals surface area contributed by atoms with Gasteiger partial charge in [-0.3, -0.25) is 0 Å². The highest BCUT2D eigenvalue weighted by molar-refractivity contribution is 9.10. The molecule has 2 aromatic carbocycles. The predicted octanol–water partition coefficient (Wildman–Crippen LogP) is 3.23. The van der Waals surface area contributed by atoms with Crippen LogP contribution in [0.2, 0.25) is 0 Å². The van der Waals surface area contributed by atoms with Crippen LogP contribution in [0.15, 0.2) is 53.0 Å². The minimum absolute atomic E-state index is 0.184. The summed E-state index contributed by atoms with van der Waals surface area (Å²) < 4.78 is 6.54. The standard InChI is InChI=1S/C14H14BrNO2/c15-11-4-1-3-10(7-11)14(16)9-18-13-6-2-5-12(17)8-13/h1-8,14,17H,9,16H2. The van der Waals surface area contributed by atoms with Crippen LogP contribution in [0.4, 0.5) is 0 Å². The molecule has 2 aromatic rings. The highest BCUT2D eigenvalue weighted by Gasteiger charge is 2.07. The zero-order chi connectivity index (χ0) is 13.0. The van der Waals surface area contributed by atoms with Crippen LogP contribution in [-0.4, -0.2) is 11.7 Å². The van der Waals surface area contributed by atoms with Crippen LogP contribution < -0.4 is 10.5 Å². The third-order valence-electron chi connectivity index (χ3n) is 2.52. The lowest BCUT2D eigenvalue weighted by atomic mass is 10.1. The molecule has 94 valence electrons. The lowest BCUT2D eigenvalue weighted by Gasteiger charge is -2.14. The van der Waals surface area contributed by atoms with Crippen molar-refractivity contribution in [2.45, 2.75) is 6.04 Å². The molecule has 2 rings (SSSR count). The van der Waals surface area contributed by atoms with Gasteiger partial charge in [-0.05, 0) is 29.8 Å². The normalized spacial score (nSPS) is 12.1.